The highest BCUT2D eigenvalue weighted by Crippen LogP contribution is 2.32. The maximum Gasteiger partial charge on any atom is 0.261 e. The van der Waals surface area contributed by atoms with Gasteiger partial charge in [0.25, 0.3) is 11.5 Å². The number of benzene rings is 2. The van der Waals surface area contributed by atoms with Crippen molar-refractivity contribution in [2.24, 2.45) is 0 Å². The number of aromatic nitrogens is 1. The fraction of sp³-hybridized carbons (Fsp3) is 0.240. The Labute approximate surface area is 180 Å². The van der Waals surface area contributed by atoms with Crippen molar-refractivity contribution in [1.82, 2.24) is 4.98 Å². The minimum Gasteiger partial charge on any atom is -0.497 e. The van der Waals surface area contributed by atoms with E-state index in [1.807, 2.05) is 49.4 Å². The number of Topliss-reactive ketones (excluding diaryl/α,β-unsaturated/α-hetero) is 1. The summed E-state index contributed by atoms with van der Waals surface area (Å²) in [6.45, 7) is 1.99. The van der Waals surface area contributed by atoms with Crippen LogP contribution in [0.3, 0.4) is 0 Å². The third-order valence-corrected chi connectivity index (χ3v) is 5.78. The Bertz CT molecular complexity index is 1190. The zero-order valence-corrected chi connectivity index (χ0v) is 17.5. The first kappa shape index (κ1) is 20.6. The number of pyridine rings is 1. The molecule has 0 fully saturated rings. The third-order valence-electron chi connectivity index (χ3n) is 5.78. The lowest BCUT2D eigenvalue weighted by Gasteiger charge is -2.24. The molecule has 0 radical (unpaired) electrons. The van der Waals surface area contributed by atoms with Crippen LogP contribution in [0.15, 0.2) is 59.4 Å². The monoisotopic (exact) mass is 416 g/mol. The van der Waals surface area contributed by atoms with Crippen LogP contribution in [-0.4, -0.2) is 23.8 Å². The van der Waals surface area contributed by atoms with Gasteiger partial charge in [-0.3, -0.25) is 14.4 Å². The highest BCUT2D eigenvalue weighted by Gasteiger charge is 2.29. The minimum atomic E-state index is -0.518. The number of carbonyl (C=O) groups is 2. The third kappa shape index (κ3) is 4.14. The molecule has 0 saturated heterocycles. The molecule has 0 saturated carbocycles. The summed E-state index contributed by atoms with van der Waals surface area (Å²) in [5.74, 6) is 0.119. The van der Waals surface area contributed by atoms with Gasteiger partial charge in [-0.15, -0.1) is 0 Å². The zero-order chi connectivity index (χ0) is 22.0. The zero-order valence-electron chi connectivity index (χ0n) is 17.5. The molecule has 31 heavy (non-hydrogen) atoms. The summed E-state index contributed by atoms with van der Waals surface area (Å²) >= 11 is 0. The van der Waals surface area contributed by atoms with Crippen molar-refractivity contribution in [1.29, 1.82) is 0 Å². The molecule has 1 aliphatic carbocycles. The van der Waals surface area contributed by atoms with Crippen molar-refractivity contribution < 1.29 is 14.3 Å². The molecule has 158 valence electrons. The molecule has 1 aromatic heterocycles. The number of ketones is 1. The van der Waals surface area contributed by atoms with E-state index in [2.05, 4.69) is 10.3 Å². The van der Waals surface area contributed by atoms with E-state index < -0.39 is 11.5 Å². The van der Waals surface area contributed by atoms with E-state index >= 15 is 0 Å². The number of para-hydroxylation sites is 1. The van der Waals surface area contributed by atoms with Gasteiger partial charge >= 0.3 is 0 Å². The average molecular weight is 416 g/mol. The summed E-state index contributed by atoms with van der Waals surface area (Å²) in [6, 6.07) is 16.5. The molecule has 1 heterocycles. The normalized spacial score (nSPS) is 15.3. The molecule has 1 amide bonds. The van der Waals surface area contributed by atoms with Crippen LogP contribution >= 0.6 is 0 Å². The SMILES string of the molecule is CCc1ccccc1NC(=O)c1cc2c([nH]c1=O)CC(c1ccc(OC)cc1)CC2=O. The molecule has 0 spiro atoms. The summed E-state index contributed by atoms with van der Waals surface area (Å²) < 4.78 is 5.19. The lowest BCUT2D eigenvalue weighted by molar-refractivity contribution is 0.0963. The maximum atomic E-state index is 12.9. The average Bonchev–Trinajstić information content (AvgIpc) is 2.79. The molecule has 3 aromatic rings. The smallest absolute Gasteiger partial charge is 0.261 e. The van der Waals surface area contributed by atoms with Crippen LogP contribution in [0.1, 0.15) is 56.8 Å². The second-order valence-electron chi connectivity index (χ2n) is 7.67. The van der Waals surface area contributed by atoms with E-state index in [0.29, 0.717) is 29.8 Å². The summed E-state index contributed by atoms with van der Waals surface area (Å²) in [4.78, 5) is 41.1. The summed E-state index contributed by atoms with van der Waals surface area (Å²) in [6.07, 6.45) is 1.61. The van der Waals surface area contributed by atoms with Gasteiger partial charge in [-0.05, 0) is 54.2 Å². The number of ether oxygens (including phenoxy) is 1. The molecule has 1 unspecified atom stereocenters. The number of hydrogen-bond donors (Lipinski definition) is 2. The number of aromatic amines is 1. The second-order valence-corrected chi connectivity index (χ2v) is 7.67. The summed E-state index contributed by atoms with van der Waals surface area (Å²) in [5, 5.41) is 2.80. The van der Waals surface area contributed by atoms with Gasteiger partial charge in [0.15, 0.2) is 5.78 Å². The van der Waals surface area contributed by atoms with Gasteiger partial charge in [0, 0.05) is 23.4 Å². The van der Waals surface area contributed by atoms with Gasteiger partial charge in [0.1, 0.15) is 11.3 Å². The van der Waals surface area contributed by atoms with E-state index in [1.54, 1.807) is 13.2 Å². The first-order chi connectivity index (χ1) is 15.0. The van der Waals surface area contributed by atoms with Crippen LogP contribution in [-0.2, 0) is 12.8 Å². The molecule has 1 atom stereocenters. The fourth-order valence-corrected chi connectivity index (χ4v) is 4.05. The van der Waals surface area contributed by atoms with Gasteiger partial charge in [-0.1, -0.05) is 37.3 Å². The fourth-order valence-electron chi connectivity index (χ4n) is 4.05. The van der Waals surface area contributed by atoms with E-state index in [1.165, 1.54) is 6.07 Å². The van der Waals surface area contributed by atoms with E-state index in [4.69, 9.17) is 4.74 Å². The second kappa shape index (κ2) is 8.60. The van der Waals surface area contributed by atoms with Gasteiger partial charge in [-0.2, -0.15) is 0 Å². The molecule has 2 aromatic carbocycles. The number of rotatable bonds is 5. The Morgan fingerprint density at radius 2 is 1.84 bits per heavy atom. The molecule has 1 aliphatic rings. The van der Waals surface area contributed by atoms with Crippen molar-refractivity contribution in [2.45, 2.75) is 32.1 Å². The first-order valence-electron chi connectivity index (χ1n) is 10.3. The lowest BCUT2D eigenvalue weighted by atomic mass is 9.81. The molecule has 6 heteroatoms. The minimum absolute atomic E-state index is 0.0299. The van der Waals surface area contributed by atoms with Gasteiger partial charge < -0.3 is 15.0 Å². The van der Waals surface area contributed by atoms with Crippen molar-refractivity contribution in [3.63, 3.8) is 0 Å². The Hall–Kier alpha value is -3.67. The number of fused-ring (bicyclic) bond motifs is 1. The van der Waals surface area contributed by atoms with Crippen molar-refractivity contribution in [3.05, 3.63) is 92.9 Å². The van der Waals surface area contributed by atoms with Gasteiger partial charge in [0.2, 0.25) is 0 Å². The van der Waals surface area contributed by atoms with Gasteiger partial charge in [0.05, 0.1) is 7.11 Å². The molecule has 0 aliphatic heterocycles. The van der Waals surface area contributed by atoms with Crippen LogP contribution in [0.2, 0.25) is 0 Å². The van der Waals surface area contributed by atoms with E-state index in [-0.39, 0.29) is 17.3 Å². The number of nitrogens with one attached hydrogen (secondary N) is 2. The van der Waals surface area contributed by atoms with Crippen LogP contribution < -0.4 is 15.6 Å². The molecular weight excluding hydrogens is 392 g/mol. The predicted octanol–water partition coefficient (Wildman–Crippen LogP) is 4.11. The molecule has 6 nitrogen and oxygen atoms in total. The van der Waals surface area contributed by atoms with Crippen molar-refractivity contribution >= 4 is 17.4 Å². The van der Waals surface area contributed by atoms with E-state index in [9.17, 15) is 14.4 Å². The number of aryl methyl sites for hydroxylation is 1. The molecular formula is C25H24N2O4. The molecule has 0 bridgehead atoms. The largest absolute Gasteiger partial charge is 0.497 e. The number of methoxy groups -OCH3 is 1. The summed E-state index contributed by atoms with van der Waals surface area (Å²) in [5.41, 5.74) is 3.10. The Balaban J connectivity index is 1.60. The number of amides is 1. The lowest BCUT2D eigenvalue weighted by Crippen LogP contribution is -2.29. The van der Waals surface area contributed by atoms with Crippen LogP contribution in [0, 0.1) is 0 Å². The summed E-state index contributed by atoms with van der Waals surface area (Å²) in [7, 11) is 1.61. The maximum absolute atomic E-state index is 12.9. The highest BCUT2D eigenvalue weighted by molar-refractivity contribution is 6.07. The number of anilines is 1. The number of H-pyrrole nitrogens is 1. The van der Waals surface area contributed by atoms with Crippen LogP contribution in [0.25, 0.3) is 0 Å². The molecule has 4 rings (SSSR count). The van der Waals surface area contributed by atoms with E-state index in [0.717, 1.165) is 23.3 Å². The molecule has 2 N–H and O–H groups in total. The highest BCUT2D eigenvalue weighted by atomic mass is 16.5. The first-order valence-corrected chi connectivity index (χ1v) is 10.3. The van der Waals surface area contributed by atoms with Crippen LogP contribution in [0.5, 0.6) is 5.75 Å². The Morgan fingerprint density at radius 3 is 2.55 bits per heavy atom. The topological polar surface area (TPSA) is 88.3 Å². The van der Waals surface area contributed by atoms with Crippen LogP contribution in [0.4, 0.5) is 5.69 Å². The number of carbonyl (C=O) groups excluding carboxylic acids is 2. The standard InChI is InChI=1S/C25H24N2O4/c1-3-15-6-4-5-7-21(15)26-24(29)20-14-19-22(27-25(20)30)12-17(13-23(19)28)16-8-10-18(31-2)11-9-16/h4-11,14,17H,3,12-13H2,1-2H3,(H,26,29)(H,27,30). The predicted molar refractivity (Wildman–Crippen MR) is 119 cm³/mol. The van der Waals surface area contributed by atoms with Crippen molar-refractivity contribution in [3.8, 4) is 5.75 Å². The van der Waals surface area contributed by atoms with Crippen molar-refractivity contribution in [2.75, 3.05) is 12.4 Å². The number of hydrogen-bond acceptors (Lipinski definition) is 4. The van der Waals surface area contributed by atoms with Gasteiger partial charge in [-0.25, -0.2) is 0 Å². The Morgan fingerprint density at radius 1 is 1.10 bits per heavy atom. The quantitative estimate of drug-likeness (QED) is 0.655. The Kier molecular flexibility index (Phi) is 5.71.